The SMILES string of the molecule is Cc1ccccc1-c1ccc(C(=O)N[C@@]2(C(=O)O)CCC[C@@H](O)C2)nc1-c1ccc(Cl)c(OCCCN(C)C)c1. The van der Waals surface area contributed by atoms with Crippen LogP contribution in [0.5, 0.6) is 5.75 Å². The molecule has 0 unspecified atom stereocenters. The summed E-state index contributed by atoms with van der Waals surface area (Å²) in [5, 5.41) is 23.3. The van der Waals surface area contributed by atoms with Gasteiger partial charge in [0.1, 0.15) is 17.0 Å². The van der Waals surface area contributed by atoms with Gasteiger partial charge in [0.05, 0.1) is 23.4 Å². The number of carboxylic acids is 1. The van der Waals surface area contributed by atoms with Crippen molar-refractivity contribution in [3.05, 3.63) is 70.9 Å². The van der Waals surface area contributed by atoms with E-state index in [1.807, 2.05) is 63.5 Å². The van der Waals surface area contributed by atoms with E-state index in [4.69, 9.17) is 21.3 Å². The van der Waals surface area contributed by atoms with Gasteiger partial charge in [-0.1, -0.05) is 41.9 Å². The first-order chi connectivity index (χ1) is 19.1. The molecule has 9 heteroatoms. The van der Waals surface area contributed by atoms with Gasteiger partial charge in [-0.15, -0.1) is 0 Å². The number of halogens is 1. The number of hydrogen-bond donors (Lipinski definition) is 3. The van der Waals surface area contributed by atoms with Crippen LogP contribution < -0.4 is 10.1 Å². The number of pyridine rings is 1. The zero-order valence-corrected chi connectivity index (χ0v) is 23.9. The number of ether oxygens (including phenoxy) is 1. The van der Waals surface area contributed by atoms with Crippen LogP contribution >= 0.6 is 11.6 Å². The molecule has 0 radical (unpaired) electrons. The fourth-order valence-electron chi connectivity index (χ4n) is 5.11. The van der Waals surface area contributed by atoms with Crippen molar-refractivity contribution >= 4 is 23.5 Å². The van der Waals surface area contributed by atoms with E-state index < -0.39 is 23.5 Å². The fraction of sp³-hybridized carbons (Fsp3) is 0.387. The second-order valence-corrected chi connectivity index (χ2v) is 11.1. The van der Waals surface area contributed by atoms with Crippen LogP contribution in [0.3, 0.4) is 0 Å². The number of nitrogens with one attached hydrogen (secondary N) is 1. The minimum Gasteiger partial charge on any atom is -0.492 e. The van der Waals surface area contributed by atoms with E-state index in [0.717, 1.165) is 29.7 Å². The van der Waals surface area contributed by atoms with E-state index in [2.05, 4.69) is 10.2 Å². The summed E-state index contributed by atoms with van der Waals surface area (Å²) < 4.78 is 5.99. The molecule has 2 aromatic carbocycles. The molecule has 3 N–H and O–H groups in total. The third-order valence-electron chi connectivity index (χ3n) is 7.26. The molecule has 1 aliphatic rings. The van der Waals surface area contributed by atoms with Crippen molar-refractivity contribution in [3.63, 3.8) is 0 Å². The molecule has 2 atom stereocenters. The lowest BCUT2D eigenvalue weighted by Gasteiger charge is -2.36. The van der Waals surface area contributed by atoms with Gasteiger partial charge in [0.25, 0.3) is 5.91 Å². The maximum absolute atomic E-state index is 13.4. The minimum absolute atomic E-state index is 0.0477. The van der Waals surface area contributed by atoms with Crippen LogP contribution in [0.2, 0.25) is 5.02 Å². The number of aromatic nitrogens is 1. The number of aliphatic hydroxyl groups excluding tert-OH is 1. The third-order valence-corrected chi connectivity index (χ3v) is 7.57. The van der Waals surface area contributed by atoms with E-state index in [1.165, 1.54) is 0 Å². The highest BCUT2D eigenvalue weighted by atomic mass is 35.5. The number of aryl methyl sites for hydroxylation is 1. The van der Waals surface area contributed by atoms with E-state index in [-0.39, 0.29) is 18.5 Å². The highest BCUT2D eigenvalue weighted by Crippen LogP contribution is 2.37. The molecule has 1 aromatic heterocycles. The van der Waals surface area contributed by atoms with E-state index in [0.29, 0.717) is 41.5 Å². The third kappa shape index (κ3) is 6.81. The van der Waals surface area contributed by atoms with Crippen molar-refractivity contribution in [1.29, 1.82) is 0 Å². The number of benzene rings is 2. The Morgan fingerprint density at radius 1 is 1.15 bits per heavy atom. The standard InChI is InChI=1S/C31H36ClN3O5/c1-20-8-4-5-10-23(20)24-12-14-26(29(37)34-31(30(38)39)15-6-9-22(36)19-31)33-28(24)21-11-13-25(32)27(18-21)40-17-7-16-35(2)3/h4-5,8,10-14,18,22,36H,6-7,9,15-17,19H2,1-3H3,(H,34,37)(H,38,39)/t22-,31+/m1/s1. The molecular weight excluding hydrogens is 530 g/mol. The number of hydrogen-bond acceptors (Lipinski definition) is 6. The second-order valence-electron chi connectivity index (χ2n) is 10.6. The van der Waals surface area contributed by atoms with Crippen LogP contribution in [0.25, 0.3) is 22.4 Å². The highest BCUT2D eigenvalue weighted by Gasteiger charge is 2.44. The first-order valence-electron chi connectivity index (χ1n) is 13.5. The van der Waals surface area contributed by atoms with Crippen molar-refractivity contribution in [2.24, 2.45) is 0 Å². The first-order valence-corrected chi connectivity index (χ1v) is 13.9. The largest absolute Gasteiger partial charge is 0.492 e. The minimum atomic E-state index is -1.54. The maximum Gasteiger partial charge on any atom is 0.329 e. The summed E-state index contributed by atoms with van der Waals surface area (Å²) in [7, 11) is 4.01. The van der Waals surface area contributed by atoms with Crippen LogP contribution in [0.4, 0.5) is 0 Å². The summed E-state index contributed by atoms with van der Waals surface area (Å²) in [5.41, 5.74) is 2.61. The Labute approximate surface area is 240 Å². The lowest BCUT2D eigenvalue weighted by atomic mass is 9.80. The Morgan fingerprint density at radius 3 is 2.62 bits per heavy atom. The Morgan fingerprint density at radius 2 is 1.93 bits per heavy atom. The maximum atomic E-state index is 13.4. The van der Waals surface area contributed by atoms with Crippen molar-refractivity contribution in [1.82, 2.24) is 15.2 Å². The molecule has 1 saturated carbocycles. The number of amides is 1. The average molecular weight is 566 g/mol. The molecule has 40 heavy (non-hydrogen) atoms. The molecule has 1 heterocycles. The van der Waals surface area contributed by atoms with Crippen LogP contribution in [-0.2, 0) is 4.79 Å². The summed E-state index contributed by atoms with van der Waals surface area (Å²) in [6.07, 6.45) is 1.24. The molecule has 8 nitrogen and oxygen atoms in total. The van der Waals surface area contributed by atoms with Gasteiger partial charge in [-0.2, -0.15) is 0 Å². The van der Waals surface area contributed by atoms with Crippen molar-refractivity contribution in [2.75, 3.05) is 27.2 Å². The van der Waals surface area contributed by atoms with Crippen LogP contribution in [0, 0.1) is 6.92 Å². The Kier molecular flexibility index (Phi) is 9.45. The second kappa shape index (κ2) is 12.8. The van der Waals surface area contributed by atoms with E-state index in [9.17, 15) is 19.8 Å². The van der Waals surface area contributed by atoms with Crippen LogP contribution in [0.1, 0.15) is 48.2 Å². The smallest absolute Gasteiger partial charge is 0.329 e. The van der Waals surface area contributed by atoms with Gasteiger partial charge in [-0.3, -0.25) is 4.79 Å². The van der Waals surface area contributed by atoms with Crippen molar-refractivity contribution in [2.45, 2.75) is 50.7 Å². The predicted octanol–water partition coefficient (Wildman–Crippen LogP) is 5.20. The molecule has 0 bridgehead atoms. The molecule has 0 spiro atoms. The quantitative estimate of drug-likeness (QED) is 0.290. The molecule has 1 fully saturated rings. The molecule has 4 rings (SSSR count). The van der Waals surface area contributed by atoms with Gasteiger partial charge in [0.2, 0.25) is 0 Å². The van der Waals surface area contributed by atoms with Gasteiger partial charge in [-0.05, 0) is 82.1 Å². The topological polar surface area (TPSA) is 112 Å². The predicted molar refractivity (Wildman–Crippen MR) is 156 cm³/mol. The van der Waals surface area contributed by atoms with Crippen molar-refractivity contribution in [3.8, 4) is 28.1 Å². The Balaban J connectivity index is 1.73. The summed E-state index contributed by atoms with van der Waals surface area (Å²) in [4.78, 5) is 32.4. The number of nitrogens with zero attached hydrogens (tertiary/aromatic N) is 2. The number of carbonyl (C=O) groups excluding carboxylic acids is 1. The zero-order valence-electron chi connectivity index (χ0n) is 23.1. The van der Waals surface area contributed by atoms with Gasteiger partial charge in [-0.25, -0.2) is 9.78 Å². The normalized spacial score (nSPS) is 18.9. The lowest BCUT2D eigenvalue weighted by Crippen LogP contribution is -2.58. The number of rotatable bonds is 10. The Hall–Kier alpha value is -3.46. The lowest BCUT2D eigenvalue weighted by molar-refractivity contribution is -0.147. The Bertz CT molecular complexity index is 1380. The summed E-state index contributed by atoms with van der Waals surface area (Å²) in [6.45, 7) is 3.37. The fourth-order valence-corrected chi connectivity index (χ4v) is 5.28. The van der Waals surface area contributed by atoms with Crippen LogP contribution in [0.15, 0.2) is 54.6 Å². The number of aliphatic hydroxyl groups is 1. The number of carbonyl (C=O) groups is 2. The summed E-state index contributed by atoms with van der Waals surface area (Å²) >= 11 is 6.46. The molecule has 1 amide bonds. The molecule has 212 valence electrons. The summed E-state index contributed by atoms with van der Waals surface area (Å²) in [5.74, 6) is -1.25. The van der Waals surface area contributed by atoms with Gasteiger partial charge in [0.15, 0.2) is 0 Å². The van der Waals surface area contributed by atoms with Crippen LogP contribution in [-0.4, -0.2) is 70.9 Å². The molecule has 0 saturated heterocycles. The molecular formula is C31H36ClN3O5. The average Bonchev–Trinajstić information content (AvgIpc) is 2.92. The van der Waals surface area contributed by atoms with E-state index >= 15 is 0 Å². The van der Waals surface area contributed by atoms with E-state index in [1.54, 1.807) is 12.1 Å². The van der Waals surface area contributed by atoms with Gasteiger partial charge in [0, 0.05) is 24.1 Å². The summed E-state index contributed by atoms with van der Waals surface area (Å²) in [6, 6.07) is 16.7. The first kappa shape index (κ1) is 29.5. The van der Waals surface area contributed by atoms with Gasteiger partial charge >= 0.3 is 5.97 Å². The molecule has 3 aromatic rings. The highest BCUT2D eigenvalue weighted by molar-refractivity contribution is 6.32. The molecule has 1 aliphatic carbocycles. The monoisotopic (exact) mass is 565 g/mol. The number of aliphatic carboxylic acids is 1. The van der Waals surface area contributed by atoms with Crippen molar-refractivity contribution < 1.29 is 24.5 Å². The zero-order chi connectivity index (χ0) is 28.9. The number of carboxylic acid groups (broad SMARTS) is 1. The molecule has 0 aliphatic heterocycles. The van der Waals surface area contributed by atoms with Gasteiger partial charge < -0.3 is 25.2 Å².